The van der Waals surface area contributed by atoms with Crippen molar-refractivity contribution in [2.24, 2.45) is 0 Å². The number of hydrogen-bond donors (Lipinski definition) is 0. The van der Waals surface area contributed by atoms with Crippen LogP contribution in [0.5, 0.6) is 5.75 Å². The Hall–Kier alpha value is -1.31. The van der Waals surface area contributed by atoms with Gasteiger partial charge < -0.3 is 4.74 Å². The van der Waals surface area contributed by atoms with Crippen molar-refractivity contribution in [1.29, 1.82) is 0 Å². The molecule has 0 saturated carbocycles. The Bertz CT molecular complexity index is 331. The molecule has 2 nitrogen and oxygen atoms in total. The molecular weight excluding hydrogens is 164 g/mol. The van der Waals surface area contributed by atoms with Gasteiger partial charge in [0.1, 0.15) is 12.4 Å². The first-order valence-electron chi connectivity index (χ1n) is 4.57. The normalized spacial score (nSPS) is 20.7. The van der Waals surface area contributed by atoms with Crippen molar-refractivity contribution in [2.45, 2.75) is 19.3 Å². The average molecular weight is 176 g/mol. The number of para-hydroxylation sites is 1. The maximum Gasteiger partial charge on any atom is 0.177 e. The second-order valence-electron chi connectivity index (χ2n) is 3.25. The highest BCUT2D eigenvalue weighted by atomic mass is 16.5. The van der Waals surface area contributed by atoms with Crippen molar-refractivity contribution in [1.82, 2.24) is 0 Å². The molecule has 0 bridgehead atoms. The lowest BCUT2D eigenvalue weighted by Gasteiger charge is -2.23. The fourth-order valence-electron chi connectivity index (χ4n) is 1.77. The van der Waals surface area contributed by atoms with E-state index in [1.54, 1.807) is 0 Å². The molecule has 1 heterocycles. The molecule has 13 heavy (non-hydrogen) atoms. The van der Waals surface area contributed by atoms with E-state index in [-0.39, 0.29) is 18.3 Å². The summed E-state index contributed by atoms with van der Waals surface area (Å²) in [6.07, 6.45) is 0.860. The fraction of sp³-hybridized carbons (Fsp3) is 0.364. The smallest absolute Gasteiger partial charge is 0.177 e. The molecule has 0 fully saturated rings. The molecule has 0 aromatic heterocycles. The van der Waals surface area contributed by atoms with Crippen molar-refractivity contribution in [3.8, 4) is 5.75 Å². The number of fused-ring (bicyclic) bond motifs is 1. The molecule has 1 atom stereocenters. The van der Waals surface area contributed by atoms with Gasteiger partial charge in [0.25, 0.3) is 0 Å². The van der Waals surface area contributed by atoms with E-state index in [0.717, 1.165) is 17.7 Å². The van der Waals surface area contributed by atoms with Crippen LogP contribution in [0.15, 0.2) is 24.3 Å². The van der Waals surface area contributed by atoms with Crippen LogP contribution in [0.4, 0.5) is 0 Å². The minimum atomic E-state index is 0.0462. The number of benzene rings is 1. The zero-order valence-electron chi connectivity index (χ0n) is 7.62. The maximum absolute atomic E-state index is 11.5. The zero-order chi connectivity index (χ0) is 9.26. The van der Waals surface area contributed by atoms with Crippen LogP contribution < -0.4 is 4.74 Å². The van der Waals surface area contributed by atoms with Crippen LogP contribution in [0.25, 0.3) is 0 Å². The van der Waals surface area contributed by atoms with Gasteiger partial charge in [-0.15, -0.1) is 0 Å². The fourth-order valence-corrected chi connectivity index (χ4v) is 1.77. The molecule has 1 aliphatic heterocycles. The molecule has 0 radical (unpaired) electrons. The van der Waals surface area contributed by atoms with Crippen LogP contribution in [-0.4, -0.2) is 12.4 Å². The van der Waals surface area contributed by atoms with Gasteiger partial charge in [-0.1, -0.05) is 25.1 Å². The molecule has 1 aromatic rings. The summed E-state index contributed by atoms with van der Waals surface area (Å²) in [4.78, 5) is 11.5. The third-order valence-corrected chi connectivity index (χ3v) is 2.46. The van der Waals surface area contributed by atoms with Crippen LogP contribution in [0.3, 0.4) is 0 Å². The molecule has 2 heteroatoms. The number of Topliss-reactive ketones (excluding diaryl/α,β-unsaturated/α-hetero) is 1. The Labute approximate surface area is 77.5 Å². The molecule has 0 aliphatic carbocycles. The molecule has 1 aliphatic rings. The van der Waals surface area contributed by atoms with Crippen molar-refractivity contribution in [2.75, 3.05) is 6.61 Å². The Morgan fingerprint density at radius 3 is 3.00 bits per heavy atom. The van der Waals surface area contributed by atoms with Gasteiger partial charge in [0.2, 0.25) is 0 Å². The lowest BCUT2D eigenvalue weighted by atomic mass is 9.90. The Balaban J connectivity index is 2.45. The standard InChI is InChI=1S/C11H12O2/c1-2-8-9-5-3-4-6-11(9)13-7-10(8)12/h3-6,8H,2,7H2,1H3. The molecule has 0 N–H and O–H groups in total. The topological polar surface area (TPSA) is 26.3 Å². The molecule has 0 amide bonds. The van der Waals surface area contributed by atoms with E-state index in [9.17, 15) is 4.79 Å². The minimum Gasteiger partial charge on any atom is -0.486 e. The average Bonchev–Trinajstić information content (AvgIpc) is 2.18. The highest BCUT2D eigenvalue weighted by Gasteiger charge is 2.26. The van der Waals surface area contributed by atoms with E-state index in [4.69, 9.17) is 4.74 Å². The summed E-state index contributed by atoms with van der Waals surface area (Å²) in [7, 11) is 0. The molecule has 68 valence electrons. The van der Waals surface area contributed by atoms with Crippen molar-refractivity contribution in [3.05, 3.63) is 29.8 Å². The molecule has 0 spiro atoms. The molecule has 2 rings (SSSR count). The summed E-state index contributed by atoms with van der Waals surface area (Å²) in [6, 6.07) is 7.77. The predicted octanol–water partition coefficient (Wildman–Crippen LogP) is 2.14. The summed E-state index contributed by atoms with van der Waals surface area (Å²) in [5, 5.41) is 0. The molecular formula is C11H12O2. The SMILES string of the molecule is CCC1C(=O)COc2ccccc21. The monoisotopic (exact) mass is 176 g/mol. The predicted molar refractivity (Wildman–Crippen MR) is 50.0 cm³/mol. The summed E-state index contributed by atoms with van der Waals surface area (Å²) >= 11 is 0. The van der Waals surface area contributed by atoms with Gasteiger partial charge in [0, 0.05) is 11.5 Å². The second kappa shape index (κ2) is 3.21. The lowest BCUT2D eigenvalue weighted by molar-refractivity contribution is -0.123. The number of ketones is 1. The summed E-state index contributed by atoms with van der Waals surface area (Å²) in [5.41, 5.74) is 1.04. The second-order valence-corrected chi connectivity index (χ2v) is 3.25. The lowest BCUT2D eigenvalue weighted by Crippen LogP contribution is -2.25. The number of ether oxygens (including phenoxy) is 1. The molecule has 1 unspecified atom stereocenters. The van der Waals surface area contributed by atoms with E-state index in [1.165, 1.54) is 0 Å². The largest absolute Gasteiger partial charge is 0.486 e. The van der Waals surface area contributed by atoms with Crippen LogP contribution in [0.1, 0.15) is 24.8 Å². The summed E-state index contributed by atoms with van der Waals surface area (Å²) < 4.78 is 5.32. The maximum atomic E-state index is 11.5. The van der Waals surface area contributed by atoms with E-state index >= 15 is 0 Å². The van der Waals surface area contributed by atoms with Gasteiger partial charge in [0.15, 0.2) is 5.78 Å². The third kappa shape index (κ3) is 1.32. The van der Waals surface area contributed by atoms with Gasteiger partial charge in [-0.25, -0.2) is 0 Å². The van der Waals surface area contributed by atoms with Crippen molar-refractivity contribution in [3.63, 3.8) is 0 Å². The molecule has 0 saturated heterocycles. The Morgan fingerprint density at radius 1 is 1.46 bits per heavy atom. The Kier molecular flexibility index (Phi) is 2.05. The van der Waals surface area contributed by atoms with E-state index < -0.39 is 0 Å². The van der Waals surface area contributed by atoms with E-state index in [0.29, 0.717) is 0 Å². The summed E-state index contributed by atoms with van der Waals surface area (Å²) in [5.74, 6) is 1.11. The van der Waals surface area contributed by atoms with Gasteiger partial charge in [0.05, 0.1) is 0 Å². The quantitative estimate of drug-likeness (QED) is 0.655. The van der Waals surface area contributed by atoms with Crippen LogP contribution in [0.2, 0.25) is 0 Å². The van der Waals surface area contributed by atoms with Gasteiger partial charge in [-0.05, 0) is 12.5 Å². The first-order chi connectivity index (χ1) is 6.33. The van der Waals surface area contributed by atoms with E-state index in [1.807, 2.05) is 31.2 Å². The minimum absolute atomic E-state index is 0.0462. The Morgan fingerprint density at radius 2 is 2.23 bits per heavy atom. The first kappa shape index (κ1) is 8.30. The molecule has 1 aromatic carbocycles. The highest BCUT2D eigenvalue weighted by molar-refractivity contribution is 5.89. The van der Waals surface area contributed by atoms with Crippen molar-refractivity contribution < 1.29 is 9.53 Å². The van der Waals surface area contributed by atoms with Crippen LogP contribution >= 0.6 is 0 Å². The number of hydrogen-bond acceptors (Lipinski definition) is 2. The van der Waals surface area contributed by atoms with Crippen LogP contribution in [-0.2, 0) is 4.79 Å². The van der Waals surface area contributed by atoms with Gasteiger partial charge in [-0.3, -0.25) is 4.79 Å². The van der Waals surface area contributed by atoms with Gasteiger partial charge in [-0.2, -0.15) is 0 Å². The third-order valence-electron chi connectivity index (χ3n) is 2.46. The van der Waals surface area contributed by atoms with Gasteiger partial charge >= 0.3 is 0 Å². The zero-order valence-corrected chi connectivity index (χ0v) is 7.62. The highest BCUT2D eigenvalue weighted by Crippen LogP contribution is 2.32. The van der Waals surface area contributed by atoms with Crippen LogP contribution in [0, 0.1) is 0 Å². The van der Waals surface area contributed by atoms with Crippen molar-refractivity contribution >= 4 is 5.78 Å². The number of carbonyl (C=O) groups is 1. The van der Waals surface area contributed by atoms with E-state index in [2.05, 4.69) is 0 Å². The number of rotatable bonds is 1. The number of carbonyl (C=O) groups excluding carboxylic acids is 1. The summed E-state index contributed by atoms with van der Waals surface area (Å²) in [6.45, 7) is 2.26. The first-order valence-corrected chi connectivity index (χ1v) is 4.57.